The van der Waals surface area contributed by atoms with Gasteiger partial charge in [-0.15, -0.1) is 0 Å². The molecule has 2 unspecified atom stereocenters. The molecule has 1 aliphatic heterocycles. The molecule has 1 fully saturated rings. The predicted octanol–water partition coefficient (Wildman–Crippen LogP) is 1.66. The smallest absolute Gasteiger partial charge is 0.337 e. The van der Waals surface area contributed by atoms with Crippen molar-refractivity contribution in [3.05, 3.63) is 29.8 Å². The highest BCUT2D eigenvalue weighted by atomic mass is 16.5. The quantitative estimate of drug-likeness (QED) is 0.808. The molecule has 0 bridgehead atoms. The lowest BCUT2D eigenvalue weighted by Gasteiger charge is -2.41. The molecule has 1 aromatic carbocycles. The molecule has 0 spiro atoms. The molecule has 1 aliphatic rings. The van der Waals surface area contributed by atoms with Crippen molar-refractivity contribution >= 4 is 11.7 Å². The predicted molar refractivity (Wildman–Crippen MR) is 72.1 cm³/mol. The van der Waals surface area contributed by atoms with Crippen LogP contribution < -0.4 is 10.2 Å². The molecular formula is C14H20N2O2. The Morgan fingerprint density at radius 3 is 2.28 bits per heavy atom. The Labute approximate surface area is 108 Å². The first-order chi connectivity index (χ1) is 8.63. The van der Waals surface area contributed by atoms with Crippen molar-refractivity contribution in [2.24, 2.45) is 0 Å². The van der Waals surface area contributed by atoms with Gasteiger partial charge in [0.15, 0.2) is 0 Å². The van der Waals surface area contributed by atoms with Gasteiger partial charge in [-0.1, -0.05) is 0 Å². The molecule has 1 aromatic rings. The van der Waals surface area contributed by atoms with Crippen LogP contribution in [0.2, 0.25) is 0 Å². The van der Waals surface area contributed by atoms with Gasteiger partial charge in [0.1, 0.15) is 0 Å². The summed E-state index contributed by atoms with van der Waals surface area (Å²) in [5.74, 6) is -0.289. The van der Waals surface area contributed by atoms with Crippen LogP contribution in [0.1, 0.15) is 24.2 Å². The maximum Gasteiger partial charge on any atom is 0.337 e. The van der Waals surface area contributed by atoms with E-state index in [4.69, 9.17) is 4.74 Å². The molecule has 2 rings (SSSR count). The second-order valence-corrected chi connectivity index (χ2v) is 4.80. The first-order valence-corrected chi connectivity index (χ1v) is 6.31. The number of methoxy groups -OCH3 is 1. The number of esters is 1. The monoisotopic (exact) mass is 248 g/mol. The third kappa shape index (κ3) is 2.48. The molecule has 0 radical (unpaired) electrons. The van der Waals surface area contributed by atoms with Crippen molar-refractivity contribution in [3.8, 4) is 0 Å². The second kappa shape index (κ2) is 5.40. The van der Waals surface area contributed by atoms with Crippen molar-refractivity contribution < 1.29 is 9.53 Å². The van der Waals surface area contributed by atoms with E-state index in [-0.39, 0.29) is 5.97 Å². The van der Waals surface area contributed by atoms with Gasteiger partial charge >= 0.3 is 5.97 Å². The minimum absolute atomic E-state index is 0.289. The fourth-order valence-corrected chi connectivity index (χ4v) is 2.53. The highest BCUT2D eigenvalue weighted by Gasteiger charge is 2.24. The Kier molecular flexibility index (Phi) is 3.87. The van der Waals surface area contributed by atoms with Gasteiger partial charge in [-0.25, -0.2) is 4.79 Å². The Balaban J connectivity index is 2.20. The third-order valence-corrected chi connectivity index (χ3v) is 3.42. The molecule has 1 saturated heterocycles. The molecule has 0 aliphatic carbocycles. The van der Waals surface area contributed by atoms with Crippen molar-refractivity contribution in [3.63, 3.8) is 0 Å². The van der Waals surface area contributed by atoms with E-state index >= 15 is 0 Å². The summed E-state index contributed by atoms with van der Waals surface area (Å²) in [6.07, 6.45) is 0. The van der Waals surface area contributed by atoms with Crippen LogP contribution in [0, 0.1) is 0 Å². The maximum absolute atomic E-state index is 11.4. The number of rotatable bonds is 2. The van der Waals surface area contributed by atoms with Crippen LogP contribution in [0.15, 0.2) is 24.3 Å². The number of carbonyl (C=O) groups excluding carboxylic acids is 1. The number of carbonyl (C=O) groups is 1. The van der Waals surface area contributed by atoms with E-state index in [0.29, 0.717) is 17.6 Å². The maximum atomic E-state index is 11.4. The van der Waals surface area contributed by atoms with E-state index in [1.54, 1.807) is 0 Å². The molecule has 18 heavy (non-hydrogen) atoms. The normalized spacial score (nSPS) is 23.8. The van der Waals surface area contributed by atoms with Crippen LogP contribution in [0.25, 0.3) is 0 Å². The van der Waals surface area contributed by atoms with Gasteiger partial charge in [-0.3, -0.25) is 0 Å². The zero-order valence-corrected chi connectivity index (χ0v) is 11.1. The van der Waals surface area contributed by atoms with Gasteiger partial charge in [-0.2, -0.15) is 0 Å². The molecule has 1 heterocycles. The zero-order chi connectivity index (χ0) is 13.1. The fraction of sp³-hybridized carbons (Fsp3) is 0.500. The van der Waals surface area contributed by atoms with E-state index in [0.717, 1.165) is 18.8 Å². The standard InChI is InChI=1S/C14H20N2O2/c1-10-8-15-9-11(2)16(10)13-6-4-12(5-7-13)14(17)18-3/h4-7,10-11,15H,8-9H2,1-3H3. The first-order valence-electron chi connectivity index (χ1n) is 6.31. The summed E-state index contributed by atoms with van der Waals surface area (Å²) in [7, 11) is 1.40. The SMILES string of the molecule is COC(=O)c1ccc(N2C(C)CNCC2C)cc1. The van der Waals surface area contributed by atoms with Crippen LogP contribution in [0.5, 0.6) is 0 Å². The van der Waals surface area contributed by atoms with Gasteiger partial charge in [0, 0.05) is 30.9 Å². The number of benzene rings is 1. The summed E-state index contributed by atoms with van der Waals surface area (Å²) in [4.78, 5) is 13.8. The first kappa shape index (κ1) is 12.9. The minimum Gasteiger partial charge on any atom is -0.465 e. The number of nitrogens with zero attached hydrogens (tertiary/aromatic N) is 1. The third-order valence-electron chi connectivity index (χ3n) is 3.42. The Morgan fingerprint density at radius 2 is 1.78 bits per heavy atom. The molecule has 4 heteroatoms. The molecule has 2 atom stereocenters. The summed E-state index contributed by atoms with van der Waals surface area (Å²) in [5, 5.41) is 3.41. The molecule has 1 N–H and O–H groups in total. The van der Waals surface area contributed by atoms with Gasteiger partial charge in [0.25, 0.3) is 0 Å². The fourth-order valence-electron chi connectivity index (χ4n) is 2.53. The highest BCUT2D eigenvalue weighted by Crippen LogP contribution is 2.22. The number of hydrogen-bond donors (Lipinski definition) is 1. The Hall–Kier alpha value is -1.55. The number of ether oxygens (including phenoxy) is 1. The molecular weight excluding hydrogens is 228 g/mol. The van der Waals surface area contributed by atoms with Crippen LogP contribution >= 0.6 is 0 Å². The van der Waals surface area contributed by atoms with Gasteiger partial charge < -0.3 is 15.0 Å². The average Bonchev–Trinajstić information content (AvgIpc) is 2.38. The van der Waals surface area contributed by atoms with E-state index in [2.05, 4.69) is 24.1 Å². The van der Waals surface area contributed by atoms with Crippen LogP contribution in [0.4, 0.5) is 5.69 Å². The number of hydrogen-bond acceptors (Lipinski definition) is 4. The van der Waals surface area contributed by atoms with Gasteiger partial charge in [-0.05, 0) is 38.1 Å². The molecule has 98 valence electrons. The van der Waals surface area contributed by atoms with Crippen LogP contribution in [-0.2, 0) is 4.74 Å². The minimum atomic E-state index is -0.289. The lowest BCUT2D eigenvalue weighted by Crippen LogP contribution is -2.55. The Morgan fingerprint density at radius 1 is 1.22 bits per heavy atom. The topological polar surface area (TPSA) is 41.6 Å². The molecule has 0 aromatic heterocycles. The lowest BCUT2D eigenvalue weighted by atomic mass is 10.1. The van der Waals surface area contributed by atoms with Crippen molar-refractivity contribution in [1.82, 2.24) is 5.32 Å². The largest absolute Gasteiger partial charge is 0.465 e. The van der Waals surface area contributed by atoms with Crippen LogP contribution in [-0.4, -0.2) is 38.3 Å². The summed E-state index contributed by atoms with van der Waals surface area (Å²) >= 11 is 0. The summed E-state index contributed by atoms with van der Waals surface area (Å²) < 4.78 is 4.70. The van der Waals surface area contributed by atoms with Gasteiger partial charge in [0.2, 0.25) is 0 Å². The molecule has 0 amide bonds. The van der Waals surface area contributed by atoms with Crippen molar-refractivity contribution in [1.29, 1.82) is 0 Å². The Bertz CT molecular complexity index is 406. The van der Waals surface area contributed by atoms with Crippen molar-refractivity contribution in [2.75, 3.05) is 25.1 Å². The average molecular weight is 248 g/mol. The number of piperazine rings is 1. The van der Waals surface area contributed by atoms with E-state index in [1.165, 1.54) is 7.11 Å². The van der Waals surface area contributed by atoms with E-state index in [9.17, 15) is 4.79 Å². The summed E-state index contributed by atoms with van der Waals surface area (Å²) in [5.41, 5.74) is 1.75. The highest BCUT2D eigenvalue weighted by molar-refractivity contribution is 5.89. The molecule has 0 saturated carbocycles. The second-order valence-electron chi connectivity index (χ2n) is 4.80. The molecule has 4 nitrogen and oxygen atoms in total. The number of anilines is 1. The zero-order valence-electron chi connectivity index (χ0n) is 11.1. The van der Waals surface area contributed by atoms with E-state index in [1.807, 2.05) is 24.3 Å². The lowest BCUT2D eigenvalue weighted by molar-refractivity contribution is 0.0601. The number of nitrogens with one attached hydrogen (secondary N) is 1. The van der Waals surface area contributed by atoms with E-state index < -0.39 is 0 Å². The van der Waals surface area contributed by atoms with Crippen LogP contribution in [0.3, 0.4) is 0 Å². The van der Waals surface area contributed by atoms with Gasteiger partial charge in [0.05, 0.1) is 12.7 Å². The van der Waals surface area contributed by atoms with Crippen molar-refractivity contribution in [2.45, 2.75) is 25.9 Å². The summed E-state index contributed by atoms with van der Waals surface area (Å²) in [6.45, 7) is 6.39. The summed E-state index contributed by atoms with van der Waals surface area (Å²) in [6, 6.07) is 8.54.